The van der Waals surface area contributed by atoms with E-state index >= 15 is 0 Å². The van der Waals surface area contributed by atoms with E-state index < -0.39 is 11.9 Å². The molecule has 0 atom stereocenters. The number of nitrogens with zero attached hydrogens (tertiary/aromatic N) is 1. The van der Waals surface area contributed by atoms with Crippen LogP contribution in [-0.2, 0) is 11.3 Å². The SMILES string of the molecule is CC(=O)Oc1cc(Cn2c(C(=O)O)cc3ccccc32)cc(Cl)c1Cl. The summed E-state index contributed by atoms with van der Waals surface area (Å²) >= 11 is 12.2. The normalized spacial score (nSPS) is 10.8. The van der Waals surface area contributed by atoms with E-state index in [1.165, 1.54) is 6.92 Å². The molecule has 0 radical (unpaired) electrons. The number of carboxylic acids is 1. The summed E-state index contributed by atoms with van der Waals surface area (Å²) in [5.74, 6) is -1.41. The second kappa shape index (κ2) is 6.78. The molecule has 0 aliphatic heterocycles. The number of ether oxygens (including phenoxy) is 1. The molecule has 2 aromatic carbocycles. The molecule has 0 amide bonds. The summed E-state index contributed by atoms with van der Waals surface area (Å²) in [5.41, 5.74) is 1.59. The maximum Gasteiger partial charge on any atom is 0.352 e. The average molecular weight is 378 g/mol. The number of para-hydroxylation sites is 1. The van der Waals surface area contributed by atoms with E-state index in [9.17, 15) is 14.7 Å². The van der Waals surface area contributed by atoms with Gasteiger partial charge >= 0.3 is 11.9 Å². The Balaban J connectivity index is 2.10. The molecule has 128 valence electrons. The van der Waals surface area contributed by atoms with Gasteiger partial charge in [0.05, 0.1) is 5.02 Å². The first-order valence-corrected chi connectivity index (χ1v) is 8.10. The molecular weight excluding hydrogens is 365 g/mol. The summed E-state index contributed by atoms with van der Waals surface area (Å²) < 4.78 is 6.73. The molecule has 7 heteroatoms. The average Bonchev–Trinajstić information content (AvgIpc) is 2.91. The van der Waals surface area contributed by atoms with Gasteiger partial charge < -0.3 is 14.4 Å². The van der Waals surface area contributed by atoms with E-state index in [1.807, 2.05) is 24.3 Å². The number of aromatic nitrogens is 1. The fourth-order valence-corrected chi connectivity index (χ4v) is 3.06. The van der Waals surface area contributed by atoms with Crippen LogP contribution in [-0.4, -0.2) is 21.6 Å². The van der Waals surface area contributed by atoms with Gasteiger partial charge in [-0.25, -0.2) is 4.79 Å². The van der Waals surface area contributed by atoms with Gasteiger partial charge in [-0.2, -0.15) is 0 Å². The Morgan fingerprint density at radius 3 is 2.56 bits per heavy atom. The number of rotatable bonds is 4. The van der Waals surface area contributed by atoms with Crippen molar-refractivity contribution >= 4 is 46.0 Å². The lowest BCUT2D eigenvalue weighted by Gasteiger charge is -2.12. The monoisotopic (exact) mass is 377 g/mol. The molecular formula is C18H13Cl2NO4. The Hall–Kier alpha value is -2.50. The third-order valence-corrected chi connectivity index (χ3v) is 4.46. The Morgan fingerprint density at radius 2 is 1.88 bits per heavy atom. The zero-order valence-corrected chi connectivity index (χ0v) is 14.6. The van der Waals surface area contributed by atoms with E-state index in [0.29, 0.717) is 5.56 Å². The van der Waals surface area contributed by atoms with Gasteiger partial charge in [-0.05, 0) is 29.8 Å². The van der Waals surface area contributed by atoms with Gasteiger partial charge in [0.15, 0.2) is 5.75 Å². The maximum atomic E-state index is 11.6. The molecule has 3 aromatic rings. The minimum Gasteiger partial charge on any atom is -0.477 e. The molecule has 5 nitrogen and oxygen atoms in total. The van der Waals surface area contributed by atoms with Crippen molar-refractivity contribution < 1.29 is 19.4 Å². The van der Waals surface area contributed by atoms with Crippen LogP contribution in [0, 0.1) is 0 Å². The summed E-state index contributed by atoms with van der Waals surface area (Å²) in [7, 11) is 0. The van der Waals surface area contributed by atoms with Gasteiger partial charge in [0.2, 0.25) is 0 Å². The second-order valence-corrected chi connectivity index (χ2v) is 6.25. The topological polar surface area (TPSA) is 68.5 Å². The van der Waals surface area contributed by atoms with Gasteiger partial charge in [0.25, 0.3) is 0 Å². The largest absolute Gasteiger partial charge is 0.477 e. The lowest BCUT2D eigenvalue weighted by molar-refractivity contribution is -0.131. The number of aromatic carboxylic acids is 1. The smallest absolute Gasteiger partial charge is 0.352 e. The van der Waals surface area contributed by atoms with Gasteiger partial charge in [0.1, 0.15) is 10.7 Å². The highest BCUT2D eigenvalue weighted by Gasteiger charge is 2.17. The van der Waals surface area contributed by atoms with Crippen molar-refractivity contribution in [1.82, 2.24) is 4.57 Å². The highest BCUT2D eigenvalue weighted by Crippen LogP contribution is 2.34. The number of esters is 1. The highest BCUT2D eigenvalue weighted by molar-refractivity contribution is 6.43. The van der Waals surface area contributed by atoms with Crippen LogP contribution in [0.15, 0.2) is 42.5 Å². The molecule has 1 aromatic heterocycles. The Morgan fingerprint density at radius 1 is 1.16 bits per heavy atom. The summed E-state index contributed by atoms with van der Waals surface area (Å²) in [5, 5.41) is 10.7. The van der Waals surface area contributed by atoms with Crippen molar-refractivity contribution in [1.29, 1.82) is 0 Å². The molecule has 0 unspecified atom stereocenters. The fraction of sp³-hybridized carbons (Fsp3) is 0.111. The number of carbonyl (C=O) groups is 2. The molecule has 0 saturated heterocycles. The molecule has 0 saturated carbocycles. The van der Waals surface area contributed by atoms with Crippen LogP contribution in [0.25, 0.3) is 10.9 Å². The van der Waals surface area contributed by atoms with Crippen LogP contribution in [0.1, 0.15) is 23.0 Å². The van der Waals surface area contributed by atoms with Crippen LogP contribution in [0.4, 0.5) is 0 Å². The number of fused-ring (bicyclic) bond motifs is 1. The number of carboxylic acid groups (broad SMARTS) is 1. The molecule has 0 aliphatic rings. The van der Waals surface area contributed by atoms with Gasteiger partial charge in [-0.15, -0.1) is 0 Å². The van der Waals surface area contributed by atoms with Crippen LogP contribution in [0.2, 0.25) is 10.0 Å². The molecule has 0 fully saturated rings. The van der Waals surface area contributed by atoms with E-state index in [-0.39, 0.29) is 28.0 Å². The number of hydrogen-bond acceptors (Lipinski definition) is 3. The summed E-state index contributed by atoms with van der Waals surface area (Å²) in [6, 6.07) is 12.2. The molecule has 0 spiro atoms. The Kier molecular flexibility index (Phi) is 4.70. The van der Waals surface area contributed by atoms with E-state index in [4.69, 9.17) is 27.9 Å². The van der Waals surface area contributed by atoms with E-state index in [2.05, 4.69) is 0 Å². The van der Waals surface area contributed by atoms with E-state index in [0.717, 1.165) is 10.9 Å². The molecule has 25 heavy (non-hydrogen) atoms. The fourth-order valence-electron chi connectivity index (χ4n) is 2.68. The predicted octanol–water partition coefficient (Wildman–Crippen LogP) is 4.62. The quantitative estimate of drug-likeness (QED) is 0.531. The second-order valence-electron chi connectivity index (χ2n) is 5.46. The van der Waals surface area contributed by atoms with Gasteiger partial charge in [-0.1, -0.05) is 41.4 Å². The molecule has 0 bridgehead atoms. The van der Waals surface area contributed by atoms with Crippen LogP contribution < -0.4 is 4.74 Å². The number of hydrogen-bond donors (Lipinski definition) is 1. The van der Waals surface area contributed by atoms with Crippen LogP contribution in [0.3, 0.4) is 0 Å². The van der Waals surface area contributed by atoms with Crippen molar-refractivity contribution in [3.63, 3.8) is 0 Å². The Labute approximate surface area is 153 Å². The molecule has 1 N–H and O–H groups in total. The summed E-state index contributed by atoms with van der Waals surface area (Å²) in [6.45, 7) is 1.50. The van der Waals surface area contributed by atoms with Crippen molar-refractivity contribution in [3.8, 4) is 5.75 Å². The minimum absolute atomic E-state index is 0.136. The standard InChI is InChI=1S/C18H13Cl2NO4/c1-10(22)25-16-7-11(6-13(19)17(16)20)9-21-14-5-3-2-4-12(14)8-15(21)18(23)24/h2-8H,9H2,1H3,(H,23,24). The predicted molar refractivity (Wildman–Crippen MR) is 95.8 cm³/mol. The van der Waals surface area contributed by atoms with Crippen molar-refractivity contribution in [3.05, 3.63) is 63.8 Å². The van der Waals surface area contributed by atoms with Crippen molar-refractivity contribution in [2.24, 2.45) is 0 Å². The van der Waals surface area contributed by atoms with Crippen molar-refractivity contribution in [2.75, 3.05) is 0 Å². The van der Waals surface area contributed by atoms with Gasteiger partial charge in [0, 0.05) is 24.4 Å². The third-order valence-electron chi connectivity index (χ3n) is 3.68. The first-order chi connectivity index (χ1) is 11.9. The summed E-state index contributed by atoms with van der Waals surface area (Å²) in [4.78, 5) is 22.8. The van der Waals surface area contributed by atoms with Gasteiger partial charge in [-0.3, -0.25) is 4.79 Å². The first-order valence-electron chi connectivity index (χ1n) is 7.34. The van der Waals surface area contributed by atoms with Crippen molar-refractivity contribution in [2.45, 2.75) is 13.5 Å². The lowest BCUT2D eigenvalue weighted by Crippen LogP contribution is -2.10. The molecule has 1 heterocycles. The lowest BCUT2D eigenvalue weighted by atomic mass is 10.2. The maximum absolute atomic E-state index is 11.6. The Bertz CT molecular complexity index is 994. The highest BCUT2D eigenvalue weighted by atomic mass is 35.5. The minimum atomic E-state index is -1.03. The van der Waals surface area contributed by atoms with Crippen LogP contribution in [0.5, 0.6) is 5.75 Å². The molecule has 0 aliphatic carbocycles. The van der Waals surface area contributed by atoms with Crippen LogP contribution >= 0.6 is 23.2 Å². The number of carbonyl (C=O) groups excluding carboxylic acids is 1. The number of benzene rings is 2. The first kappa shape index (κ1) is 17.3. The zero-order chi connectivity index (χ0) is 18.1. The summed E-state index contributed by atoms with van der Waals surface area (Å²) in [6.07, 6.45) is 0. The third kappa shape index (κ3) is 3.48. The van der Waals surface area contributed by atoms with E-state index in [1.54, 1.807) is 22.8 Å². The number of halogens is 2. The zero-order valence-electron chi connectivity index (χ0n) is 13.1. The molecule has 3 rings (SSSR count).